The molecule has 8 nitrogen and oxygen atoms in total. The molecule has 4 rings (SSSR count). The zero-order valence-corrected chi connectivity index (χ0v) is 11.8. The van der Waals surface area contributed by atoms with Crippen LogP contribution in [0, 0.1) is 0 Å². The second-order valence-electron chi connectivity index (χ2n) is 5.96. The number of hydrogen-bond donors (Lipinski definition) is 3. The van der Waals surface area contributed by atoms with E-state index in [0.717, 1.165) is 0 Å². The quantitative estimate of drug-likeness (QED) is 0.572. The first kappa shape index (κ1) is 14.4. The number of phenols is 1. The first-order chi connectivity index (χ1) is 10.9. The average molecular weight is 322 g/mol. The van der Waals surface area contributed by atoms with Crippen molar-refractivity contribution in [2.24, 2.45) is 0 Å². The largest absolute Gasteiger partial charge is 0.508 e. The van der Waals surface area contributed by atoms with E-state index in [-0.39, 0.29) is 18.8 Å². The number of esters is 2. The van der Waals surface area contributed by atoms with Crippen LogP contribution in [0.4, 0.5) is 0 Å². The van der Waals surface area contributed by atoms with Crippen LogP contribution in [0.2, 0.25) is 0 Å². The van der Waals surface area contributed by atoms with Gasteiger partial charge in [-0.2, -0.15) is 0 Å². The lowest BCUT2D eigenvalue weighted by Gasteiger charge is -2.35. The molecule has 0 amide bonds. The van der Waals surface area contributed by atoms with Crippen LogP contribution in [0.3, 0.4) is 0 Å². The molecule has 1 aromatic carbocycles. The van der Waals surface area contributed by atoms with E-state index in [1.54, 1.807) is 0 Å². The number of fused-ring (bicyclic) bond motifs is 2. The van der Waals surface area contributed by atoms with Gasteiger partial charge >= 0.3 is 11.9 Å². The highest BCUT2D eigenvalue weighted by atomic mass is 16.7. The normalized spacial score (nSPS) is 41.9. The number of benzene rings is 1. The number of aromatic hydroxyl groups is 1. The minimum absolute atomic E-state index is 0.0196. The Morgan fingerprint density at radius 2 is 1.87 bits per heavy atom. The van der Waals surface area contributed by atoms with E-state index < -0.39 is 41.5 Å². The summed E-state index contributed by atoms with van der Waals surface area (Å²) in [5, 5.41) is 30.1. The van der Waals surface area contributed by atoms with Crippen molar-refractivity contribution in [3.8, 4) is 5.75 Å². The number of ether oxygens (including phenoxy) is 3. The zero-order chi connectivity index (χ0) is 16.4. The van der Waals surface area contributed by atoms with Crippen LogP contribution in [0.15, 0.2) is 24.3 Å². The van der Waals surface area contributed by atoms with Crippen molar-refractivity contribution < 1.29 is 39.1 Å². The summed E-state index contributed by atoms with van der Waals surface area (Å²) in [6.07, 6.45) is -2.68. The lowest BCUT2D eigenvalue weighted by molar-refractivity contribution is -0.264. The lowest BCUT2D eigenvalue weighted by atomic mass is 9.76. The predicted molar refractivity (Wildman–Crippen MR) is 71.1 cm³/mol. The monoisotopic (exact) mass is 322 g/mol. The van der Waals surface area contributed by atoms with E-state index in [1.165, 1.54) is 24.3 Å². The Balaban J connectivity index is 1.85. The van der Waals surface area contributed by atoms with Gasteiger partial charge in [-0.3, -0.25) is 4.79 Å². The second-order valence-corrected chi connectivity index (χ2v) is 5.96. The average Bonchev–Trinajstić information content (AvgIpc) is 3.08. The summed E-state index contributed by atoms with van der Waals surface area (Å²) in [5.74, 6) is -4.72. The first-order valence-electron chi connectivity index (χ1n) is 7.15. The summed E-state index contributed by atoms with van der Waals surface area (Å²) in [5.41, 5.74) is -1.56. The van der Waals surface area contributed by atoms with Crippen molar-refractivity contribution in [2.75, 3.05) is 6.61 Å². The van der Waals surface area contributed by atoms with E-state index in [0.29, 0.717) is 5.56 Å². The standard InChI is InChI=1S/C15H14O8/c16-8-3-1-7(2-4-8)9-5-11(18)23-14(9)13(19)22-12-10(17)6-21-15(12,14)20/h1-4,9-10,12,16-17,20H,5-6H2. The van der Waals surface area contributed by atoms with Crippen molar-refractivity contribution in [3.63, 3.8) is 0 Å². The Kier molecular flexibility index (Phi) is 2.78. The van der Waals surface area contributed by atoms with E-state index >= 15 is 0 Å². The molecule has 3 fully saturated rings. The molecule has 1 aromatic rings. The van der Waals surface area contributed by atoms with E-state index in [9.17, 15) is 24.9 Å². The van der Waals surface area contributed by atoms with Gasteiger partial charge in [-0.05, 0) is 17.7 Å². The topological polar surface area (TPSA) is 123 Å². The van der Waals surface area contributed by atoms with Gasteiger partial charge in [-0.15, -0.1) is 0 Å². The van der Waals surface area contributed by atoms with Crippen LogP contribution < -0.4 is 0 Å². The van der Waals surface area contributed by atoms with Crippen molar-refractivity contribution in [2.45, 2.75) is 35.9 Å². The molecular formula is C15H14O8. The summed E-state index contributed by atoms with van der Waals surface area (Å²) < 4.78 is 15.5. The second kappa shape index (κ2) is 4.44. The Hall–Kier alpha value is -2.16. The van der Waals surface area contributed by atoms with Crippen LogP contribution in [0.5, 0.6) is 5.75 Å². The molecule has 1 spiro atoms. The summed E-state index contributed by atoms with van der Waals surface area (Å²) >= 11 is 0. The fourth-order valence-electron chi connectivity index (χ4n) is 3.64. The Labute approximate surface area is 130 Å². The summed E-state index contributed by atoms with van der Waals surface area (Å²) in [6, 6.07) is 5.86. The van der Waals surface area contributed by atoms with E-state index in [2.05, 4.69) is 0 Å². The van der Waals surface area contributed by atoms with E-state index in [4.69, 9.17) is 14.2 Å². The SMILES string of the molecule is O=C1CC(c2ccc(O)cc2)C2(O1)C(=O)OC1C(O)COC12O. The van der Waals surface area contributed by atoms with E-state index in [1.807, 2.05) is 0 Å². The third kappa shape index (κ3) is 1.65. The van der Waals surface area contributed by atoms with Gasteiger partial charge in [0.1, 0.15) is 11.9 Å². The predicted octanol–water partition coefficient (Wildman–Crippen LogP) is -0.833. The number of aliphatic hydroxyl groups excluding tert-OH is 1. The molecule has 3 aliphatic rings. The molecule has 5 unspecified atom stereocenters. The number of phenolic OH excluding ortho intramolecular Hbond substituents is 1. The number of carbonyl (C=O) groups is 2. The highest BCUT2D eigenvalue weighted by molar-refractivity contribution is 5.92. The number of rotatable bonds is 1. The van der Waals surface area contributed by atoms with Gasteiger partial charge in [-0.25, -0.2) is 4.79 Å². The van der Waals surface area contributed by atoms with Crippen molar-refractivity contribution in [3.05, 3.63) is 29.8 Å². The fraction of sp³-hybridized carbons (Fsp3) is 0.467. The first-order valence-corrected chi connectivity index (χ1v) is 7.15. The van der Waals surface area contributed by atoms with Crippen LogP contribution in [-0.2, 0) is 23.8 Å². The fourth-order valence-corrected chi connectivity index (χ4v) is 3.64. The summed E-state index contributed by atoms with van der Waals surface area (Å²) in [7, 11) is 0. The smallest absolute Gasteiger partial charge is 0.357 e. The maximum atomic E-state index is 12.5. The molecular weight excluding hydrogens is 308 g/mol. The molecule has 23 heavy (non-hydrogen) atoms. The number of carbonyl (C=O) groups excluding carboxylic acids is 2. The molecule has 3 aliphatic heterocycles. The maximum Gasteiger partial charge on any atom is 0.357 e. The van der Waals surface area contributed by atoms with Crippen molar-refractivity contribution in [1.29, 1.82) is 0 Å². The molecule has 3 N–H and O–H groups in total. The molecule has 0 radical (unpaired) electrons. The third-order valence-corrected chi connectivity index (χ3v) is 4.71. The Bertz CT molecular complexity index is 685. The van der Waals surface area contributed by atoms with Gasteiger partial charge in [0.05, 0.1) is 18.9 Å². The molecule has 0 aliphatic carbocycles. The van der Waals surface area contributed by atoms with Gasteiger partial charge in [0.2, 0.25) is 0 Å². The molecule has 0 bridgehead atoms. The minimum Gasteiger partial charge on any atom is -0.508 e. The molecule has 8 heteroatoms. The third-order valence-electron chi connectivity index (χ3n) is 4.71. The van der Waals surface area contributed by atoms with Gasteiger partial charge in [0, 0.05) is 0 Å². The van der Waals surface area contributed by atoms with Crippen LogP contribution in [0.1, 0.15) is 17.9 Å². The van der Waals surface area contributed by atoms with Gasteiger partial charge in [0.15, 0.2) is 6.10 Å². The van der Waals surface area contributed by atoms with Gasteiger partial charge in [0.25, 0.3) is 11.4 Å². The lowest BCUT2D eigenvalue weighted by Crippen LogP contribution is -2.60. The maximum absolute atomic E-state index is 12.5. The molecule has 3 heterocycles. The Morgan fingerprint density at radius 1 is 1.17 bits per heavy atom. The molecule has 3 saturated heterocycles. The minimum atomic E-state index is -2.25. The van der Waals surface area contributed by atoms with Gasteiger partial charge < -0.3 is 29.5 Å². The Morgan fingerprint density at radius 3 is 2.57 bits per heavy atom. The van der Waals surface area contributed by atoms with Crippen molar-refractivity contribution in [1.82, 2.24) is 0 Å². The van der Waals surface area contributed by atoms with Gasteiger partial charge in [-0.1, -0.05) is 12.1 Å². The summed E-state index contributed by atoms with van der Waals surface area (Å²) in [6.45, 7) is -0.240. The van der Waals surface area contributed by atoms with Crippen LogP contribution in [0.25, 0.3) is 0 Å². The summed E-state index contributed by atoms with van der Waals surface area (Å²) in [4.78, 5) is 24.4. The molecule has 122 valence electrons. The van der Waals surface area contributed by atoms with Crippen LogP contribution >= 0.6 is 0 Å². The number of hydrogen-bond acceptors (Lipinski definition) is 8. The van der Waals surface area contributed by atoms with Crippen molar-refractivity contribution >= 4 is 11.9 Å². The molecule has 5 atom stereocenters. The van der Waals surface area contributed by atoms with Crippen LogP contribution in [-0.4, -0.2) is 57.5 Å². The highest BCUT2D eigenvalue weighted by Crippen LogP contribution is 2.56. The number of aliphatic hydroxyl groups is 2. The molecule has 0 saturated carbocycles. The molecule has 0 aromatic heterocycles. The highest BCUT2D eigenvalue weighted by Gasteiger charge is 2.80. The zero-order valence-electron chi connectivity index (χ0n) is 11.8.